The van der Waals surface area contributed by atoms with Gasteiger partial charge in [0.2, 0.25) is 0 Å². The third-order valence-electron chi connectivity index (χ3n) is 2.52. The average Bonchev–Trinajstić information content (AvgIpc) is 2.60. The molecule has 0 atom stereocenters. The molecule has 90 valence electrons. The molecule has 1 aromatic carbocycles. The van der Waals surface area contributed by atoms with Crippen LogP contribution in [0.3, 0.4) is 0 Å². The fourth-order valence-corrected chi connectivity index (χ4v) is 1.61. The van der Waals surface area contributed by atoms with Gasteiger partial charge in [-0.3, -0.25) is 4.68 Å². The molecule has 0 aliphatic rings. The number of aryl methyl sites for hydroxylation is 2. The second-order valence-corrected chi connectivity index (χ2v) is 3.88. The van der Waals surface area contributed by atoms with Gasteiger partial charge in [0.25, 0.3) is 0 Å². The molecular formula is C12H15N3O2. The maximum Gasteiger partial charge on any atom is 0.146 e. The van der Waals surface area contributed by atoms with Gasteiger partial charge in [0.05, 0.1) is 11.4 Å². The summed E-state index contributed by atoms with van der Waals surface area (Å²) in [4.78, 5) is 0. The molecule has 1 aromatic heterocycles. The van der Waals surface area contributed by atoms with E-state index < -0.39 is 0 Å². The quantitative estimate of drug-likeness (QED) is 0.623. The summed E-state index contributed by atoms with van der Waals surface area (Å²) in [6.45, 7) is 2.29. The fraction of sp³-hybridized carbons (Fsp3) is 0.250. The molecule has 5 heteroatoms. The zero-order valence-electron chi connectivity index (χ0n) is 9.84. The van der Waals surface area contributed by atoms with E-state index in [2.05, 4.69) is 5.10 Å². The summed E-state index contributed by atoms with van der Waals surface area (Å²) >= 11 is 0. The van der Waals surface area contributed by atoms with Crippen molar-refractivity contribution in [1.82, 2.24) is 9.78 Å². The molecule has 5 nitrogen and oxygen atoms in total. The Hall–Kier alpha value is -2.17. The minimum Gasteiger partial charge on any atom is -0.506 e. The minimum absolute atomic E-state index is 0.0312. The van der Waals surface area contributed by atoms with E-state index in [9.17, 15) is 5.11 Å². The van der Waals surface area contributed by atoms with E-state index in [-0.39, 0.29) is 11.4 Å². The second-order valence-electron chi connectivity index (χ2n) is 3.88. The topological polar surface area (TPSA) is 73.3 Å². The molecule has 0 aliphatic carbocycles. The van der Waals surface area contributed by atoms with Gasteiger partial charge in [0.15, 0.2) is 0 Å². The molecule has 0 aliphatic heterocycles. The van der Waals surface area contributed by atoms with Gasteiger partial charge in [-0.05, 0) is 25.1 Å². The maximum absolute atomic E-state index is 9.43. The predicted molar refractivity (Wildman–Crippen MR) is 64.8 cm³/mol. The van der Waals surface area contributed by atoms with Gasteiger partial charge in [-0.2, -0.15) is 5.10 Å². The molecular weight excluding hydrogens is 218 g/mol. The van der Waals surface area contributed by atoms with E-state index in [0.29, 0.717) is 12.4 Å². The van der Waals surface area contributed by atoms with E-state index in [1.54, 1.807) is 16.8 Å². The third kappa shape index (κ3) is 2.33. The van der Waals surface area contributed by atoms with Crippen molar-refractivity contribution in [1.29, 1.82) is 0 Å². The molecule has 2 rings (SSSR count). The average molecular weight is 233 g/mol. The van der Waals surface area contributed by atoms with Gasteiger partial charge < -0.3 is 15.6 Å². The monoisotopic (exact) mass is 233 g/mol. The Balaban J connectivity index is 2.12. The summed E-state index contributed by atoms with van der Waals surface area (Å²) in [5.41, 5.74) is 7.84. The lowest BCUT2D eigenvalue weighted by molar-refractivity contribution is 0.295. The summed E-state index contributed by atoms with van der Waals surface area (Å²) in [6, 6.07) is 6.88. The summed E-state index contributed by atoms with van der Waals surface area (Å²) in [5.74, 6) is 0.507. The first kappa shape index (κ1) is 11.3. The van der Waals surface area contributed by atoms with Crippen LogP contribution in [0.5, 0.6) is 11.5 Å². The standard InChI is InChI=1S/C12H15N3O2/c1-8-6-9(15(2)14-8)7-17-11-5-3-4-10(16)12(11)13/h3-6,16H,7,13H2,1-2H3. The van der Waals surface area contributed by atoms with E-state index in [0.717, 1.165) is 11.4 Å². The molecule has 0 radical (unpaired) electrons. The lowest BCUT2D eigenvalue weighted by atomic mass is 10.3. The lowest BCUT2D eigenvalue weighted by Gasteiger charge is -2.09. The Kier molecular flexibility index (Phi) is 2.91. The van der Waals surface area contributed by atoms with E-state index in [4.69, 9.17) is 10.5 Å². The zero-order valence-corrected chi connectivity index (χ0v) is 9.84. The van der Waals surface area contributed by atoms with Gasteiger partial charge in [-0.1, -0.05) is 6.07 Å². The van der Waals surface area contributed by atoms with Crippen molar-refractivity contribution in [2.24, 2.45) is 7.05 Å². The van der Waals surface area contributed by atoms with Gasteiger partial charge in [-0.25, -0.2) is 0 Å². The van der Waals surface area contributed by atoms with Crippen LogP contribution in [-0.4, -0.2) is 14.9 Å². The van der Waals surface area contributed by atoms with Crippen molar-refractivity contribution < 1.29 is 9.84 Å². The third-order valence-corrected chi connectivity index (χ3v) is 2.52. The Morgan fingerprint density at radius 3 is 2.88 bits per heavy atom. The number of rotatable bonds is 3. The van der Waals surface area contributed by atoms with Crippen LogP contribution in [0.25, 0.3) is 0 Å². The van der Waals surface area contributed by atoms with Crippen molar-refractivity contribution in [3.05, 3.63) is 35.7 Å². The number of nitrogen functional groups attached to an aromatic ring is 1. The number of phenolic OH excluding ortho intramolecular Hbond substituents is 1. The molecule has 0 spiro atoms. The van der Waals surface area contributed by atoms with E-state index in [1.165, 1.54) is 6.07 Å². The number of aromatic nitrogens is 2. The Morgan fingerprint density at radius 2 is 2.24 bits per heavy atom. The lowest BCUT2D eigenvalue weighted by Crippen LogP contribution is -2.04. The van der Waals surface area contributed by atoms with Crippen molar-refractivity contribution in [3.63, 3.8) is 0 Å². The summed E-state index contributed by atoms with van der Waals surface area (Å²) in [7, 11) is 1.86. The molecule has 17 heavy (non-hydrogen) atoms. The highest BCUT2D eigenvalue weighted by atomic mass is 16.5. The molecule has 0 unspecified atom stereocenters. The first-order valence-electron chi connectivity index (χ1n) is 5.27. The number of anilines is 1. The summed E-state index contributed by atoms with van der Waals surface area (Å²) in [5, 5.41) is 13.7. The number of aromatic hydroxyl groups is 1. The van der Waals surface area contributed by atoms with Crippen molar-refractivity contribution in [2.75, 3.05) is 5.73 Å². The summed E-state index contributed by atoms with van der Waals surface area (Å²) in [6.07, 6.45) is 0. The highest BCUT2D eigenvalue weighted by Gasteiger charge is 2.07. The summed E-state index contributed by atoms with van der Waals surface area (Å²) < 4.78 is 7.31. The second kappa shape index (κ2) is 4.37. The van der Waals surface area contributed by atoms with Crippen LogP contribution in [-0.2, 0) is 13.7 Å². The molecule has 0 bridgehead atoms. The number of benzene rings is 1. The predicted octanol–water partition coefficient (Wildman–Crippen LogP) is 1.60. The Morgan fingerprint density at radius 1 is 1.47 bits per heavy atom. The highest BCUT2D eigenvalue weighted by Crippen LogP contribution is 2.30. The molecule has 2 aromatic rings. The van der Waals surface area contributed by atoms with Gasteiger partial charge in [0.1, 0.15) is 23.8 Å². The maximum atomic E-state index is 9.43. The highest BCUT2D eigenvalue weighted by molar-refractivity contribution is 5.61. The number of phenols is 1. The van der Waals surface area contributed by atoms with Crippen molar-refractivity contribution in [3.8, 4) is 11.5 Å². The number of hydrogen-bond acceptors (Lipinski definition) is 4. The van der Waals surface area contributed by atoms with Crippen LogP contribution in [0.2, 0.25) is 0 Å². The van der Waals surface area contributed by atoms with Crippen molar-refractivity contribution >= 4 is 5.69 Å². The number of hydrogen-bond donors (Lipinski definition) is 2. The number of nitrogens with two attached hydrogens (primary N) is 1. The van der Waals surface area contributed by atoms with E-state index >= 15 is 0 Å². The van der Waals surface area contributed by atoms with Gasteiger partial charge >= 0.3 is 0 Å². The Labute approximate surface area is 99.4 Å². The molecule has 0 fully saturated rings. The number of ether oxygens (including phenoxy) is 1. The molecule has 0 saturated heterocycles. The normalized spacial score (nSPS) is 10.5. The van der Waals surface area contributed by atoms with Crippen molar-refractivity contribution in [2.45, 2.75) is 13.5 Å². The van der Waals surface area contributed by atoms with Crippen LogP contribution in [0.15, 0.2) is 24.3 Å². The van der Waals surface area contributed by atoms with Crippen LogP contribution in [0.1, 0.15) is 11.4 Å². The van der Waals surface area contributed by atoms with E-state index in [1.807, 2.05) is 20.0 Å². The van der Waals surface area contributed by atoms with Gasteiger partial charge in [0, 0.05) is 7.05 Å². The molecule has 1 heterocycles. The Bertz CT molecular complexity index is 535. The zero-order chi connectivity index (χ0) is 12.4. The van der Waals surface area contributed by atoms with Crippen LogP contribution < -0.4 is 10.5 Å². The van der Waals surface area contributed by atoms with Crippen LogP contribution >= 0.6 is 0 Å². The number of nitrogens with zero attached hydrogens (tertiary/aromatic N) is 2. The molecule has 3 N–H and O–H groups in total. The smallest absolute Gasteiger partial charge is 0.146 e. The number of para-hydroxylation sites is 1. The van der Waals surface area contributed by atoms with Crippen LogP contribution in [0.4, 0.5) is 5.69 Å². The SMILES string of the molecule is Cc1cc(COc2cccc(O)c2N)n(C)n1. The molecule has 0 amide bonds. The first-order valence-corrected chi connectivity index (χ1v) is 5.27. The molecule has 0 saturated carbocycles. The first-order chi connectivity index (χ1) is 8.08. The van der Waals surface area contributed by atoms with Crippen LogP contribution in [0, 0.1) is 6.92 Å². The van der Waals surface area contributed by atoms with Gasteiger partial charge in [-0.15, -0.1) is 0 Å². The largest absolute Gasteiger partial charge is 0.506 e. The fourth-order valence-electron chi connectivity index (χ4n) is 1.61. The minimum atomic E-state index is 0.0312.